The van der Waals surface area contributed by atoms with Gasteiger partial charge in [0.05, 0.1) is 6.04 Å². The van der Waals surface area contributed by atoms with Gasteiger partial charge in [-0.15, -0.1) is 0 Å². The van der Waals surface area contributed by atoms with Crippen LogP contribution < -0.4 is 5.73 Å². The first kappa shape index (κ1) is 9.16. The lowest BCUT2D eigenvalue weighted by molar-refractivity contribution is -0.0833. The van der Waals surface area contributed by atoms with Crippen LogP contribution in [0.2, 0.25) is 0 Å². The summed E-state index contributed by atoms with van der Waals surface area (Å²) >= 11 is 0. The summed E-state index contributed by atoms with van der Waals surface area (Å²) in [6.07, 6.45) is 2.70. The Balaban J connectivity index is 2.32. The van der Waals surface area contributed by atoms with Crippen molar-refractivity contribution < 1.29 is 8.78 Å². The van der Waals surface area contributed by atoms with Gasteiger partial charge in [-0.3, -0.25) is 4.99 Å². The van der Waals surface area contributed by atoms with E-state index in [-0.39, 0.29) is 18.9 Å². The van der Waals surface area contributed by atoms with Crippen LogP contribution in [-0.2, 0) is 0 Å². The number of halogens is 2. The third-order valence-corrected chi connectivity index (χ3v) is 1.82. The second kappa shape index (κ2) is 3.21. The van der Waals surface area contributed by atoms with Crippen molar-refractivity contribution in [2.24, 2.45) is 10.7 Å². The minimum absolute atomic E-state index is 0.124. The largest absolute Gasteiger partial charge is 0.404 e. The van der Waals surface area contributed by atoms with Crippen LogP contribution in [-0.4, -0.2) is 18.2 Å². The molecule has 1 saturated carbocycles. The van der Waals surface area contributed by atoms with Crippen molar-refractivity contribution in [1.29, 1.82) is 0 Å². The number of nitrogens with two attached hydrogens (primary N) is 1. The van der Waals surface area contributed by atoms with Gasteiger partial charge in [0.25, 0.3) is 5.92 Å². The van der Waals surface area contributed by atoms with Crippen molar-refractivity contribution in [2.45, 2.75) is 31.7 Å². The number of allylic oxidation sites excluding steroid dienone is 1. The second-order valence-electron chi connectivity index (χ2n) is 3.11. The molecular formula is C8H12F2N2. The van der Waals surface area contributed by atoms with Crippen LogP contribution >= 0.6 is 0 Å². The molecule has 0 radical (unpaired) electrons. The molecule has 0 aliphatic heterocycles. The van der Waals surface area contributed by atoms with Gasteiger partial charge in [-0.05, 0) is 18.7 Å². The first-order chi connectivity index (χ1) is 5.53. The van der Waals surface area contributed by atoms with Gasteiger partial charge in [-0.1, -0.05) is 0 Å². The molecule has 0 aromatic carbocycles. The molecule has 2 nitrogen and oxygen atoms in total. The molecule has 68 valence electrons. The third-order valence-electron chi connectivity index (χ3n) is 1.82. The molecule has 0 saturated heterocycles. The van der Waals surface area contributed by atoms with Crippen molar-refractivity contribution in [1.82, 2.24) is 0 Å². The molecule has 12 heavy (non-hydrogen) atoms. The van der Waals surface area contributed by atoms with Crippen molar-refractivity contribution in [3.63, 3.8) is 0 Å². The van der Waals surface area contributed by atoms with Crippen LogP contribution in [0.3, 0.4) is 0 Å². The maximum atomic E-state index is 12.3. The summed E-state index contributed by atoms with van der Waals surface area (Å²) in [6.45, 7) is 1.78. The molecular weight excluding hydrogens is 162 g/mol. The predicted molar refractivity (Wildman–Crippen MR) is 44.4 cm³/mol. The number of aliphatic imine (C=N–C) groups is 1. The molecule has 0 heterocycles. The quantitative estimate of drug-likeness (QED) is 0.636. The molecule has 0 unspecified atom stereocenters. The Hall–Kier alpha value is -0.930. The van der Waals surface area contributed by atoms with E-state index in [4.69, 9.17) is 5.73 Å². The summed E-state index contributed by atoms with van der Waals surface area (Å²) in [5, 5.41) is 0. The Morgan fingerprint density at radius 1 is 1.58 bits per heavy atom. The van der Waals surface area contributed by atoms with Crippen molar-refractivity contribution >= 4 is 6.21 Å². The lowest BCUT2D eigenvalue weighted by Gasteiger charge is -2.31. The van der Waals surface area contributed by atoms with Gasteiger partial charge in [0.2, 0.25) is 0 Å². The molecule has 0 amide bonds. The van der Waals surface area contributed by atoms with Crippen LogP contribution in [0.25, 0.3) is 0 Å². The summed E-state index contributed by atoms with van der Waals surface area (Å²) in [6, 6.07) is -0.213. The fourth-order valence-electron chi connectivity index (χ4n) is 1.00. The number of alkyl halides is 2. The molecule has 1 fully saturated rings. The Bertz CT molecular complexity index is 213. The van der Waals surface area contributed by atoms with E-state index in [2.05, 4.69) is 4.99 Å². The van der Waals surface area contributed by atoms with Gasteiger partial charge in [0.1, 0.15) is 0 Å². The predicted octanol–water partition coefficient (Wildman–Crippen LogP) is 1.72. The maximum Gasteiger partial charge on any atom is 0.252 e. The first-order valence-electron chi connectivity index (χ1n) is 3.83. The monoisotopic (exact) mass is 174 g/mol. The lowest BCUT2D eigenvalue weighted by atomic mass is 9.89. The van der Waals surface area contributed by atoms with E-state index in [1.165, 1.54) is 6.20 Å². The number of nitrogens with zero attached hydrogens (tertiary/aromatic N) is 1. The topological polar surface area (TPSA) is 38.4 Å². The maximum absolute atomic E-state index is 12.3. The molecule has 4 heteroatoms. The highest BCUT2D eigenvalue weighted by molar-refractivity contribution is 5.77. The Kier molecular flexibility index (Phi) is 2.45. The van der Waals surface area contributed by atoms with Crippen LogP contribution in [0.1, 0.15) is 19.8 Å². The summed E-state index contributed by atoms with van der Waals surface area (Å²) in [5.41, 5.74) is 5.97. The summed E-state index contributed by atoms with van der Waals surface area (Å²) in [5.74, 6) is -2.48. The van der Waals surface area contributed by atoms with Crippen molar-refractivity contribution in [3.8, 4) is 0 Å². The fourth-order valence-corrected chi connectivity index (χ4v) is 1.00. The Morgan fingerprint density at radius 2 is 2.17 bits per heavy atom. The van der Waals surface area contributed by atoms with Gasteiger partial charge in [0, 0.05) is 19.1 Å². The fraction of sp³-hybridized carbons (Fsp3) is 0.625. The molecule has 0 spiro atoms. The highest BCUT2D eigenvalue weighted by Crippen LogP contribution is 2.39. The van der Waals surface area contributed by atoms with Gasteiger partial charge >= 0.3 is 0 Å². The van der Waals surface area contributed by atoms with Crippen molar-refractivity contribution in [3.05, 3.63) is 11.8 Å². The molecule has 1 aliphatic carbocycles. The average molecular weight is 174 g/mol. The summed E-state index contributed by atoms with van der Waals surface area (Å²) in [7, 11) is 0. The van der Waals surface area contributed by atoms with Crippen molar-refractivity contribution in [2.75, 3.05) is 0 Å². The second-order valence-corrected chi connectivity index (χ2v) is 3.11. The van der Waals surface area contributed by atoms with Gasteiger partial charge in [-0.2, -0.15) is 0 Å². The average Bonchev–Trinajstić information content (AvgIpc) is 1.96. The van der Waals surface area contributed by atoms with E-state index in [9.17, 15) is 8.78 Å². The number of hydrogen-bond donors (Lipinski definition) is 1. The summed E-state index contributed by atoms with van der Waals surface area (Å²) in [4.78, 5) is 3.94. The van der Waals surface area contributed by atoms with E-state index >= 15 is 0 Å². The zero-order chi connectivity index (χ0) is 9.19. The Labute approximate surface area is 70.2 Å². The molecule has 0 aromatic heterocycles. The molecule has 0 bridgehead atoms. The van der Waals surface area contributed by atoms with Crippen LogP contribution in [0, 0.1) is 0 Å². The zero-order valence-corrected chi connectivity index (χ0v) is 6.93. The van der Waals surface area contributed by atoms with Crippen LogP contribution in [0.4, 0.5) is 8.78 Å². The lowest BCUT2D eigenvalue weighted by Crippen LogP contribution is -2.38. The van der Waals surface area contributed by atoms with Gasteiger partial charge in [-0.25, -0.2) is 8.78 Å². The SMILES string of the molecule is C/C(C=NC1CC(F)(F)C1)=C/N. The third kappa shape index (κ3) is 2.29. The van der Waals surface area contributed by atoms with E-state index in [0.717, 1.165) is 5.57 Å². The van der Waals surface area contributed by atoms with E-state index < -0.39 is 5.92 Å². The molecule has 0 atom stereocenters. The minimum Gasteiger partial charge on any atom is -0.404 e. The Morgan fingerprint density at radius 3 is 2.58 bits per heavy atom. The van der Waals surface area contributed by atoms with E-state index in [1.54, 1.807) is 13.1 Å². The van der Waals surface area contributed by atoms with Crippen LogP contribution in [0.15, 0.2) is 16.8 Å². The number of hydrogen-bond acceptors (Lipinski definition) is 2. The highest BCUT2D eigenvalue weighted by atomic mass is 19.3. The molecule has 1 aliphatic rings. The summed E-state index contributed by atoms with van der Waals surface area (Å²) < 4.78 is 24.6. The van der Waals surface area contributed by atoms with E-state index in [0.29, 0.717) is 0 Å². The standard InChI is InChI=1S/C8H12F2N2/c1-6(4-11)5-12-7-2-8(9,10)3-7/h4-5,7H,2-3,11H2,1H3/b6-4-,12-5?. The van der Waals surface area contributed by atoms with Gasteiger partial charge in [0.15, 0.2) is 0 Å². The molecule has 1 rings (SSSR count). The van der Waals surface area contributed by atoms with Gasteiger partial charge < -0.3 is 5.73 Å². The molecule has 0 aromatic rings. The van der Waals surface area contributed by atoms with E-state index in [1.807, 2.05) is 0 Å². The normalized spacial score (nSPS) is 24.4. The number of rotatable bonds is 2. The first-order valence-corrected chi connectivity index (χ1v) is 3.83. The highest BCUT2D eigenvalue weighted by Gasteiger charge is 2.44. The van der Waals surface area contributed by atoms with Crippen LogP contribution in [0.5, 0.6) is 0 Å². The minimum atomic E-state index is -2.48. The smallest absolute Gasteiger partial charge is 0.252 e. The molecule has 2 N–H and O–H groups in total. The zero-order valence-electron chi connectivity index (χ0n) is 6.93.